The van der Waals surface area contributed by atoms with Crippen molar-refractivity contribution in [2.24, 2.45) is 0 Å². The Kier molecular flexibility index (Phi) is 7.04. The van der Waals surface area contributed by atoms with Crippen LogP contribution in [0.15, 0.2) is 18.2 Å². The number of nitrogens with zero attached hydrogens (tertiary/aromatic N) is 1. The number of anilines is 1. The maximum Gasteiger partial charge on any atom is 0.335 e. The summed E-state index contributed by atoms with van der Waals surface area (Å²) in [4.78, 5) is 13.2. The molecule has 5 nitrogen and oxygen atoms in total. The van der Waals surface area contributed by atoms with Gasteiger partial charge in [-0.2, -0.15) is 0 Å². The zero-order chi connectivity index (χ0) is 15.0. The fourth-order valence-electron chi connectivity index (χ4n) is 2.06. The molecule has 0 unspecified atom stereocenters. The molecule has 0 aliphatic heterocycles. The van der Waals surface area contributed by atoms with E-state index in [1.165, 1.54) is 0 Å². The smallest absolute Gasteiger partial charge is 0.335 e. The Labute approximate surface area is 120 Å². The lowest BCUT2D eigenvalue weighted by Crippen LogP contribution is -2.29. The van der Waals surface area contributed by atoms with Gasteiger partial charge in [0, 0.05) is 39.6 Å². The Bertz CT molecular complexity index is 434. The molecule has 0 aromatic heterocycles. The van der Waals surface area contributed by atoms with Gasteiger partial charge in [0.05, 0.1) is 12.2 Å². The molecule has 0 aliphatic rings. The molecule has 0 bridgehead atoms. The number of carbonyl (C=O) groups is 1. The SMILES string of the molecule is COCCCN(CCOC)c1ccc(C(=O)O)c(C)c1. The summed E-state index contributed by atoms with van der Waals surface area (Å²) in [6, 6.07) is 5.41. The van der Waals surface area contributed by atoms with E-state index in [-0.39, 0.29) is 0 Å². The number of carboxylic acid groups (broad SMARTS) is 1. The Hall–Kier alpha value is -1.59. The minimum atomic E-state index is -0.892. The predicted molar refractivity (Wildman–Crippen MR) is 78.7 cm³/mol. The quantitative estimate of drug-likeness (QED) is 0.703. The highest BCUT2D eigenvalue weighted by atomic mass is 16.5. The van der Waals surface area contributed by atoms with Crippen molar-refractivity contribution in [3.63, 3.8) is 0 Å². The van der Waals surface area contributed by atoms with E-state index in [4.69, 9.17) is 14.6 Å². The van der Waals surface area contributed by atoms with Crippen LogP contribution in [0.3, 0.4) is 0 Å². The molecule has 0 atom stereocenters. The van der Waals surface area contributed by atoms with E-state index >= 15 is 0 Å². The number of rotatable bonds is 9. The third-order valence-electron chi connectivity index (χ3n) is 3.15. The van der Waals surface area contributed by atoms with E-state index in [1.54, 1.807) is 20.3 Å². The van der Waals surface area contributed by atoms with Gasteiger partial charge in [0.2, 0.25) is 0 Å². The molecule has 0 saturated heterocycles. The first-order valence-electron chi connectivity index (χ1n) is 6.67. The van der Waals surface area contributed by atoms with Crippen molar-refractivity contribution < 1.29 is 19.4 Å². The largest absolute Gasteiger partial charge is 0.478 e. The van der Waals surface area contributed by atoms with Gasteiger partial charge in [-0.05, 0) is 37.1 Å². The molecule has 0 aliphatic carbocycles. The standard InChI is InChI=1S/C15H23NO4/c1-12-11-13(5-6-14(12)15(17)18)16(8-10-20-3)7-4-9-19-2/h5-6,11H,4,7-10H2,1-3H3,(H,17,18). The Morgan fingerprint density at radius 2 is 1.90 bits per heavy atom. The lowest BCUT2D eigenvalue weighted by molar-refractivity contribution is 0.0696. The van der Waals surface area contributed by atoms with Crippen LogP contribution in [0.2, 0.25) is 0 Å². The molecular weight excluding hydrogens is 258 g/mol. The van der Waals surface area contributed by atoms with Crippen LogP contribution in [0.25, 0.3) is 0 Å². The molecular formula is C15H23NO4. The minimum absolute atomic E-state index is 0.345. The summed E-state index contributed by atoms with van der Waals surface area (Å²) in [5.41, 5.74) is 2.13. The van der Waals surface area contributed by atoms with Gasteiger partial charge in [-0.25, -0.2) is 4.79 Å². The van der Waals surface area contributed by atoms with E-state index in [0.29, 0.717) is 18.8 Å². The second-order valence-corrected chi connectivity index (χ2v) is 4.63. The van der Waals surface area contributed by atoms with Crippen molar-refractivity contribution in [1.29, 1.82) is 0 Å². The van der Waals surface area contributed by atoms with Crippen LogP contribution in [0, 0.1) is 6.92 Å². The Morgan fingerprint density at radius 3 is 2.45 bits per heavy atom. The average Bonchev–Trinajstić information content (AvgIpc) is 2.42. The minimum Gasteiger partial charge on any atom is -0.478 e. The van der Waals surface area contributed by atoms with Crippen molar-refractivity contribution >= 4 is 11.7 Å². The van der Waals surface area contributed by atoms with Crippen LogP contribution in [0.1, 0.15) is 22.3 Å². The molecule has 112 valence electrons. The summed E-state index contributed by atoms with van der Waals surface area (Å²) in [6.07, 6.45) is 0.917. The summed E-state index contributed by atoms with van der Waals surface area (Å²) in [5, 5.41) is 9.06. The van der Waals surface area contributed by atoms with Gasteiger partial charge < -0.3 is 19.5 Å². The van der Waals surface area contributed by atoms with Gasteiger partial charge in [0.25, 0.3) is 0 Å². The molecule has 0 amide bonds. The second-order valence-electron chi connectivity index (χ2n) is 4.63. The lowest BCUT2D eigenvalue weighted by atomic mass is 10.1. The van der Waals surface area contributed by atoms with Gasteiger partial charge in [0.15, 0.2) is 0 Å². The molecule has 1 aromatic rings. The van der Waals surface area contributed by atoms with Crippen molar-refractivity contribution in [3.05, 3.63) is 29.3 Å². The normalized spacial score (nSPS) is 10.6. The molecule has 0 heterocycles. The van der Waals surface area contributed by atoms with Crippen molar-refractivity contribution in [2.45, 2.75) is 13.3 Å². The molecule has 5 heteroatoms. The number of carboxylic acids is 1. The van der Waals surface area contributed by atoms with E-state index in [0.717, 1.165) is 30.8 Å². The first kappa shape index (κ1) is 16.5. The third kappa shape index (κ3) is 4.83. The monoisotopic (exact) mass is 281 g/mol. The number of hydrogen-bond acceptors (Lipinski definition) is 4. The van der Waals surface area contributed by atoms with Crippen molar-refractivity contribution in [1.82, 2.24) is 0 Å². The van der Waals surface area contributed by atoms with Gasteiger partial charge in [-0.15, -0.1) is 0 Å². The fraction of sp³-hybridized carbons (Fsp3) is 0.533. The van der Waals surface area contributed by atoms with Crippen molar-refractivity contribution in [2.75, 3.05) is 45.4 Å². The second kappa shape index (κ2) is 8.55. The summed E-state index contributed by atoms with van der Waals surface area (Å²) in [6.45, 7) is 4.77. The topological polar surface area (TPSA) is 59.0 Å². The van der Waals surface area contributed by atoms with Crippen LogP contribution < -0.4 is 4.90 Å². The molecule has 0 fully saturated rings. The Morgan fingerprint density at radius 1 is 1.20 bits per heavy atom. The number of methoxy groups -OCH3 is 2. The molecule has 0 spiro atoms. The van der Waals surface area contributed by atoms with E-state index in [1.807, 2.05) is 19.1 Å². The Balaban J connectivity index is 2.83. The average molecular weight is 281 g/mol. The first-order chi connectivity index (χ1) is 9.60. The van der Waals surface area contributed by atoms with Crippen LogP contribution in [-0.4, -0.2) is 51.6 Å². The van der Waals surface area contributed by atoms with Crippen LogP contribution in [0.5, 0.6) is 0 Å². The molecule has 0 saturated carbocycles. The zero-order valence-corrected chi connectivity index (χ0v) is 12.4. The van der Waals surface area contributed by atoms with Gasteiger partial charge >= 0.3 is 5.97 Å². The highest BCUT2D eigenvalue weighted by Crippen LogP contribution is 2.19. The summed E-state index contributed by atoms with van der Waals surface area (Å²) >= 11 is 0. The van der Waals surface area contributed by atoms with Crippen LogP contribution in [0.4, 0.5) is 5.69 Å². The van der Waals surface area contributed by atoms with E-state index < -0.39 is 5.97 Å². The van der Waals surface area contributed by atoms with Gasteiger partial charge in [-0.3, -0.25) is 0 Å². The molecule has 0 radical (unpaired) electrons. The number of benzene rings is 1. The molecule has 1 rings (SSSR count). The molecule has 20 heavy (non-hydrogen) atoms. The highest BCUT2D eigenvalue weighted by molar-refractivity contribution is 5.89. The van der Waals surface area contributed by atoms with Gasteiger partial charge in [-0.1, -0.05) is 0 Å². The van der Waals surface area contributed by atoms with Crippen LogP contribution in [-0.2, 0) is 9.47 Å². The van der Waals surface area contributed by atoms with E-state index in [2.05, 4.69) is 4.90 Å². The summed E-state index contributed by atoms with van der Waals surface area (Å²) in [7, 11) is 3.36. The number of aryl methyl sites for hydroxylation is 1. The predicted octanol–water partition coefficient (Wildman–Crippen LogP) is 2.18. The number of hydrogen-bond donors (Lipinski definition) is 1. The van der Waals surface area contributed by atoms with Gasteiger partial charge in [0.1, 0.15) is 0 Å². The fourth-order valence-corrected chi connectivity index (χ4v) is 2.06. The lowest BCUT2D eigenvalue weighted by Gasteiger charge is -2.25. The van der Waals surface area contributed by atoms with E-state index in [9.17, 15) is 4.79 Å². The van der Waals surface area contributed by atoms with Crippen LogP contribution >= 0.6 is 0 Å². The molecule has 1 aromatic carbocycles. The summed E-state index contributed by atoms with van der Waals surface area (Å²) in [5.74, 6) is -0.892. The molecule has 1 N–H and O–H groups in total. The highest BCUT2D eigenvalue weighted by Gasteiger charge is 2.11. The number of aromatic carboxylic acids is 1. The maximum atomic E-state index is 11.0. The third-order valence-corrected chi connectivity index (χ3v) is 3.15. The first-order valence-corrected chi connectivity index (χ1v) is 6.67. The number of ether oxygens (including phenoxy) is 2. The summed E-state index contributed by atoms with van der Waals surface area (Å²) < 4.78 is 10.2. The van der Waals surface area contributed by atoms with Crippen molar-refractivity contribution in [3.8, 4) is 0 Å². The zero-order valence-electron chi connectivity index (χ0n) is 12.4. The maximum absolute atomic E-state index is 11.0.